The van der Waals surface area contributed by atoms with Crippen molar-refractivity contribution in [2.75, 3.05) is 13.1 Å². The number of hydrogen-bond acceptors (Lipinski definition) is 4. The van der Waals surface area contributed by atoms with Crippen molar-refractivity contribution in [1.82, 2.24) is 10.2 Å². The lowest BCUT2D eigenvalue weighted by Crippen LogP contribution is -2.55. The van der Waals surface area contributed by atoms with Gasteiger partial charge in [0.05, 0.1) is 6.54 Å². The van der Waals surface area contributed by atoms with E-state index in [1.54, 1.807) is 0 Å². The third-order valence-electron chi connectivity index (χ3n) is 4.44. The van der Waals surface area contributed by atoms with E-state index in [9.17, 15) is 9.59 Å². The van der Waals surface area contributed by atoms with Crippen molar-refractivity contribution in [3.8, 4) is 0 Å². The number of carbonyl (C=O) groups excluding carboxylic acids is 1. The van der Waals surface area contributed by atoms with Gasteiger partial charge >= 0.3 is 5.97 Å². The fourth-order valence-electron chi connectivity index (χ4n) is 2.89. The second kappa shape index (κ2) is 7.57. The maximum atomic E-state index is 12.2. The van der Waals surface area contributed by atoms with Crippen molar-refractivity contribution in [3.63, 3.8) is 0 Å². The molecule has 23 heavy (non-hydrogen) atoms. The first-order valence-corrected chi connectivity index (χ1v) is 7.99. The largest absolute Gasteiger partial charge is 0.480 e. The van der Waals surface area contributed by atoms with E-state index in [1.165, 1.54) is 0 Å². The van der Waals surface area contributed by atoms with Gasteiger partial charge in [0.15, 0.2) is 0 Å². The van der Waals surface area contributed by atoms with Gasteiger partial charge in [-0.25, -0.2) is 0 Å². The van der Waals surface area contributed by atoms with Crippen molar-refractivity contribution in [2.45, 2.75) is 44.8 Å². The molecule has 1 atom stereocenters. The molecule has 0 spiro atoms. The van der Waals surface area contributed by atoms with Crippen LogP contribution in [0.3, 0.4) is 0 Å². The first-order valence-electron chi connectivity index (χ1n) is 7.99. The predicted octanol–water partition coefficient (Wildman–Crippen LogP) is 1.05. The van der Waals surface area contributed by atoms with E-state index in [1.807, 2.05) is 43.0 Å². The van der Waals surface area contributed by atoms with E-state index >= 15 is 0 Å². The summed E-state index contributed by atoms with van der Waals surface area (Å²) in [7, 11) is 0. The number of nitrogens with zero attached hydrogens (tertiary/aromatic N) is 1. The molecule has 0 bridgehead atoms. The summed E-state index contributed by atoms with van der Waals surface area (Å²) < 4.78 is 0. The number of rotatable bonds is 7. The van der Waals surface area contributed by atoms with Gasteiger partial charge in [0.1, 0.15) is 6.04 Å². The molecule has 0 saturated heterocycles. The highest BCUT2D eigenvalue weighted by molar-refractivity contribution is 5.83. The topological polar surface area (TPSA) is 95.7 Å². The van der Waals surface area contributed by atoms with Crippen LogP contribution in [0.25, 0.3) is 0 Å². The van der Waals surface area contributed by atoms with Gasteiger partial charge in [-0.1, -0.05) is 36.8 Å². The molecule has 1 amide bonds. The Morgan fingerprint density at radius 2 is 1.96 bits per heavy atom. The number of aliphatic carboxylic acids is 1. The van der Waals surface area contributed by atoms with Crippen LogP contribution in [-0.4, -0.2) is 47.1 Å². The minimum absolute atomic E-state index is 0.0463. The Labute approximate surface area is 136 Å². The number of nitrogens with two attached hydrogens (primary N) is 1. The zero-order valence-electron chi connectivity index (χ0n) is 13.7. The Morgan fingerprint density at radius 3 is 2.48 bits per heavy atom. The van der Waals surface area contributed by atoms with Gasteiger partial charge in [0.2, 0.25) is 5.91 Å². The molecule has 1 unspecified atom stereocenters. The lowest BCUT2D eigenvalue weighted by atomic mass is 9.85. The molecule has 1 aromatic carbocycles. The Balaban J connectivity index is 1.81. The maximum Gasteiger partial charge on any atom is 0.317 e. The van der Waals surface area contributed by atoms with Gasteiger partial charge in [0, 0.05) is 12.1 Å². The molecule has 0 aliphatic heterocycles. The van der Waals surface area contributed by atoms with Crippen LogP contribution in [0.4, 0.5) is 0 Å². The van der Waals surface area contributed by atoms with Gasteiger partial charge in [-0.05, 0) is 31.9 Å². The highest BCUT2D eigenvalue weighted by atomic mass is 16.4. The standard InChI is InChI=1S/C17H25N3O3/c1-3-20(10-15(21)22)14-8-13(9-14)19-17(23)16(18)12-6-4-11(2)5-7-12/h4-7,13-14,16H,3,8-10,18H2,1-2H3,(H,19,23)(H,21,22). The number of carboxylic acid groups (broad SMARTS) is 1. The lowest BCUT2D eigenvalue weighted by Gasteiger charge is -2.42. The summed E-state index contributed by atoms with van der Waals surface area (Å²) >= 11 is 0. The molecule has 1 fully saturated rings. The Morgan fingerprint density at radius 1 is 1.35 bits per heavy atom. The van der Waals surface area contributed by atoms with Gasteiger partial charge < -0.3 is 16.2 Å². The molecule has 6 heteroatoms. The molecule has 6 nitrogen and oxygen atoms in total. The number of benzene rings is 1. The zero-order chi connectivity index (χ0) is 17.0. The minimum Gasteiger partial charge on any atom is -0.480 e. The van der Waals surface area contributed by atoms with E-state index in [0.717, 1.165) is 24.0 Å². The van der Waals surface area contributed by atoms with E-state index in [0.29, 0.717) is 6.54 Å². The summed E-state index contributed by atoms with van der Waals surface area (Å²) in [6.07, 6.45) is 1.54. The van der Waals surface area contributed by atoms with Crippen LogP contribution in [0.5, 0.6) is 0 Å². The molecule has 1 aliphatic carbocycles. The van der Waals surface area contributed by atoms with E-state index in [-0.39, 0.29) is 24.5 Å². The molecule has 0 heterocycles. The third kappa shape index (κ3) is 4.53. The van der Waals surface area contributed by atoms with Crippen LogP contribution >= 0.6 is 0 Å². The van der Waals surface area contributed by atoms with Crippen LogP contribution in [0.2, 0.25) is 0 Å². The van der Waals surface area contributed by atoms with Gasteiger partial charge in [-0.15, -0.1) is 0 Å². The number of carbonyl (C=O) groups is 2. The molecule has 1 aromatic rings. The molecule has 1 aliphatic rings. The first kappa shape index (κ1) is 17.4. The monoisotopic (exact) mass is 319 g/mol. The maximum absolute atomic E-state index is 12.2. The molecule has 0 aromatic heterocycles. The zero-order valence-corrected chi connectivity index (χ0v) is 13.7. The van der Waals surface area contributed by atoms with Gasteiger partial charge in [0.25, 0.3) is 0 Å². The van der Waals surface area contributed by atoms with Crippen molar-refractivity contribution < 1.29 is 14.7 Å². The second-order valence-electron chi connectivity index (χ2n) is 6.18. The van der Waals surface area contributed by atoms with Gasteiger partial charge in [-0.3, -0.25) is 14.5 Å². The number of carboxylic acids is 1. The van der Waals surface area contributed by atoms with E-state index < -0.39 is 12.0 Å². The summed E-state index contributed by atoms with van der Waals surface area (Å²) in [5, 5.41) is 11.8. The Bertz CT molecular complexity index is 553. The highest BCUT2D eigenvalue weighted by Gasteiger charge is 2.35. The van der Waals surface area contributed by atoms with Crippen LogP contribution in [0.1, 0.15) is 36.9 Å². The number of likely N-dealkylation sites (N-methyl/N-ethyl adjacent to an activating group) is 1. The van der Waals surface area contributed by atoms with Crippen molar-refractivity contribution in [3.05, 3.63) is 35.4 Å². The van der Waals surface area contributed by atoms with Crippen molar-refractivity contribution in [1.29, 1.82) is 0 Å². The number of amides is 1. The van der Waals surface area contributed by atoms with Crippen LogP contribution in [0, 0.1) is 6.92 Å². The molecule has 4 N–H and O–H groups in total. The summed E-state index contributed by atoms with van der Waals surface area (Å²) in [4.78, 5) is 24.9. The molecular formula is C17H25N3O3. The molecule has 0 radical (unpaired) electrons. The fourth-order valence-corrected chi connectivity index (χ4v) is 2.89. The van der Waals surface area contributed by atoms with Crippen LogP contribution in [0.15, 0.2) is 24.3 Å². The number of nitrogens with one attached hydrogen (secondary N) is 1. The van der Waals surface area contributed by atoms with E-state index in [4.69, 9.17) is 10.8 Å². The third-order valence-corrected chi connectivity index (χ3v) is 4.44. The fraction of sp³-hybridized carbons (Fsp3) is 0.529. The summed E-state index contributed by atoms with van der Waals surface area (Å²) in [6.45, 7) is 4.67. The van der Waals surface area contributed by atoms with Crippen molar-refractivity contribution >= 4 is 11.9 Å². The Kier molecular flexibility index (Phi) is 5.74. The molecule has 2 rings (SSSR count). The Hall–Kier alpha value is -1.92. The summed E-state index contributed by atoms with van der Waals surface area (Å²) in [5.74, 6) is -1.00. The van der Waals surface area contributed by atoms with E-state index in [2.05, 4.69) is 5.32 Å². The second-order valence-corrected chi connectivity index (χ2v) is 6.18. The van der Waals surface area contributed by atoms with Crippen LogP contribution < -0.4 is 11.1 Å². The molecule has 126 valence electrons. The smallest absolute Gasteiger partial charge is 0.317 e. The first-order chi connectivity index (χ1) is 10.9. The molecular weight excluding hydrogens is 294 g/mol. The van der Waals surface area contributed by atoms with Crippen LogP contribution in [-0.2, 0) is 9.59 Å². The molecule has 1 saturated carbocycles. The van der Waals surface area contributed by atoms with Crippen molar-refractivity contribution in [2.24, 2.45) is 5.73 Å². The quantitative estimate of drug-likeness (QED) is 0.698. The number of hydrogen-bond donors (Lipinski definition) is 3. The van der Waals surface area contributed by atoms with Gasteiger partial charge in [-0.2, -0.15) is 0 Å². The predicted molar refractivity (Wildman–Crippen MR) is 87.9 cm³/mol. The minimum atomic E-state index is -0.819. The average Bonchev–Trinajstić information content (AvgIpc) is 2.48. The normalized spacial score (nSPS) is 21.6. The summed E-state index contributed by atoms with van der Waals surface area (Å²) in [6, 6.07) is 7.24. The highest BCUT2D eigenvalue weighted by Crippen LogP contribution is 2.26. The summed E-state index contributed by atoms with van der Waals surface area (Å²) in [5.41, 5.74) is 7.92. The lowest BCUT2D eigenvalue weighted by molar-refractivity contribution is -0.139. The average molecular weight is 319 g/mol. The SMILES string of the molecule is CCN(CC(=O)O)C1CC(NC(=O)C(N)c2ccc(C)cc2)C1. The number of aryl methyl sites for hydroxylation is 1.